The molecule has 108 valence electrons. The molecule has 0 radical (unpaired) electrons. The molecule has 5 nitrogen and oxygen atoms in total. The second-order valence-electron chi connectivity index (χ2n) is 4.17. The SMILES string of the molecule is CCCC(O)c1noc(-c2ccc(OC(F)F)cc2)n1. The Labute approximate surface area is 114 Å². The Morgan fingerprint density at radius 2 is 2.00 bits per heavy atom. The molecule has 0 aliphatic heterocycles. The van der Waals surface area contributed by atoms with Gasteiger partial charge in [0.15, 0.2) is 0 Å². The topological polar surface area (TPSA) is 68.4 Å². The van der Waals surface area contributed by atoms with Crippen LogP contribution in [0.3, 0.4) is 0 Å². The fraction of sp³-hybridized carbons (Fsp3) is 0.385. The number of aliphatic hydroxyl groups excluding tert-OH is 1. The molecule has 20 heavy (non-hydrogen) atoms. The Kier molecular flexibility index (Phi) is 4.62. The van der Waals surface area contributed by atoms with E-state index in [0.717, 1.165) is 6.42 Å². The molecule has 1 atom stereocenters. The smallest absolute Gasteiger partial charge is 0.387 e. The minimum Gasteiger partial charge on any atom is -0.435 e. The van der Waals surface area contributed by atoms with Gasteiger partial charge in [-0.25, -0.2) is 0 Å². The second-order valence-corrected chi connectivity index (χ2v) is 4.17. The lowest BCUT2D eigenvalue weighted by Gasteiger charge is -2.03. The first-order chi connectivity index (χ1) is 9.60. The molecule has 1 aromatic heterocycles. The van der Waals surface area contributed by atoms with Crippen molar-refractivity contribution in [2.45, 2.75) is 32.5 Å². The van der Waals surface area contributed by atoms with E-state index in [2.05, 4.69) is 14.9 Å². The lowest BCUT2D eigenvalue weighted by Crippen LogP contribution is -2.01. The maximum atomic E-state index is 12.0. The average molecular weight is 284 g/mol. The van der Waals surface area contributed by atoms with Gasteiger partial charge in [0.25, 0.3) is 5.89 Å². The van der Waals surface area contributed by atoms with Crippen molar-refractivity contribution in [1.82, 2.24) is 10.1 Å². The fourth-order valence-corrected chi connectivity index (χ4v) is 1.67. The van der Waals surface area contributed by atoms with Gasteiger partial charge in [0.2, 0.25) is 5.82 Å². The number of aromatic nitrogens is 2. The predicted octanol–water partition coefficient (Wildman–Crippen LogP) is 3.17. The van der Waals surface area contributed by atoms with Crippen LogP contribution in [0.25, 0.3) is 11.5 Å². The van der Waals surface area contributed by atoms with Gasteiger partial charge in [0.1, 0.15) is 11.9 Å². The van der Waals surface area contributed by atoms with Crippen molar-refractivity contribution in [2.75, 3.05) is 0 Å². The molecular formula is C13H14F2N2O3. The Hall–Kier alpha value is -2.02. The number of hydrogen-bond acceptors (Lipinski definition) is 5. The highest BCUT2D eigenvalue weighted by molar-refractivity contribution is 5.54. The first-order valence-corrected chi connectivity index (χ1v) is 6.17. The van der Waals surface area contributed by atoms with E-state index in [-0.39, 0.29) is 17.5 Å². The Morgan fingerprint density at radius 1 is 1.30 bits per heavy atom. The zero-order chi connectivity index (χ0) is 14.5. The molecule has 7 heteroatoms. The van der Waals surface area contributed by atoms with Crippen LogP contribution in [0.4, 0.5) is 8.78 Å². The molecule has 2 aromatic rings. The second kappa shape index (κ2) is 6.42. The van der Waals surface area contributed by atoms with Gasteiger partial charge >= 0.3 is 6.61 Å². The van der Waals surface area contributed by atoms with E-state index in [9.17, 15) is 13.9 Å². The molecule has 0 spiro atoms. The highest BCUT2D eigenvalue weighted by Crippen LogP contribution is 2.24. The number of benzene rings is 1. The maximum absolute atomic E-state index is 12.0. The van der Waals surface area contributed by atoms with Crippen molar-refractivity contribution < 1.29 is 23.1 Å². The predicted molar refractivity (Wildman–Crippen MR) is 66.2 cm³/mol. The van der Waals surface area contributed by atoms with Crippen molar-refractivity contribution in [3.63, 3.8) is 0 Å². The first-order valence-electron chi connectivity index (χ1n) is 6.17. The van der Waals surface area contributed by atoms with E-state index >= 15 is 0 Å². The summed E-state index contributed by atoms with van der Waals surface area (Å²) in [5, 5.41) is 13.4. The standard InChI is InChI=1S/C13H14F2N2O3/c1-2-3-10(18)11-16-12(20-17-11)8-4-6-9(7-5-8)19-13(14)15/h4-7,10,13,18H,2-3H2,1H3. The van der Waals surface area contributed by atoms with Crippen LogP contribution in [0.2, 0.25) is 0 Å². The van der Waals surface area contributed by atoms with Gasteiger partial charge in [0.05, 0.1) is 0 Å². The monoisotopic (exact) mass is 284 g/mol. The number of ether oxygens (including phenoxy) is 1. The van der Waals surface area contributed by atoms with E-state index in [1.807, 2.05) is 6.92 Å². The molecular weight excluding hydrogens is 270 g/mol. The summed E-state index contributed by atoms with van der Waals surface area (Å²) in [5.41, 5.74) is 0.564. The highest BCUT2D eigenvalue weighted by Gasteiger charge is 2.15. The van der Waals surface area contributed by atoms with Crippen molar-refractivity contribution >= 4 is 0 Å². The first kappa shape index (κ1) is 14.4. The summed E-state index contributed by atoms with van der Waals surface area (Å²) >= 11 is 0. The molecule has 1 unspecified atom stereocenters. The van der Waals surface area contributed by atoms with Gasteiger partial charge in [-0.2, -0.15) is 13.8 Å². The summed E-state index contributed by atoms with van der Waals surface area (Å²) in [6.45, 7) is -0.925. The number of rotatable bonds is 6. The maximum Gasteiger partial charge on any atom is 0.387 e. The zero-order valence-corrected chi connectivity index (χ0v) is 10.8. The molecule has 0 aliphatic carbocycles. The largest absolute Gasteiger partial charge is 0.435 e. The average Bonchev–Trinajstić information content (AvgIpc) is 2.89. The third-order valence-electron chi connectivity index (χ3n) is 2.63. The molecule has 1 N–H and O–H groups in total. The zero-order valence-electron chi connectivity index (χ0n) is 10.8. The number of hydrogen-bond donors (Lipinski definition) is 1. The Bertz CT molecular complexity index is 543. The molecule has 0 fully saturated rings. The third kappa shape index (κ3) is 3.51. The van der Waals surface area contributed by atoms with Crippen LogP contribution in [0.1, 0.15) is 31.7 Å². The van der Waals surface area contributed by atoms with E-state index in [0.29, 0.717) is 12.0 Å². The summed E-state index contributed by atoms with van der Waals surface area (Å²) in [6, 6.07) is 5.82. The van der Waals surface area contributed by atoms with E-state index in [1.165, 1.54) is 24.3 Å². The van der Waals surface area contributed by atoms with Crippen molar-refractivity contribution in [1.29, 1.82) is 0 Å². The number of nitrogens with zero attached hydrogens (tertiary/aromatic N) is 2. The van der Waals surface area contributed by atoms with Crippen LogP contribution >= 0.6 is 0 Å². The molecule has 1 heterocycles. The van der Waals surface area contributed by atoms with Crippen molar-refractivity contribution in [2.24, 2.45) is 0 Å². The lowest BCUT2D eigenvalue weighted by atomic mass is 10.2. The molecule has 2 rings (SSSR count). The van der Waals surface area contributed by atoms with Crippen molar-refractivity contribution in [3.05, 3.63) is 30.1 Å². The number of halogens is 2. The van der Waals surface area contributed by atoms with Gasteiger partial charge in [0, 0.05) is 5.56 Å². The van der Waals surface area contributed by atoms with Crippen LogP contribution in [0, 0.1) is 0 Å². The molecule has 0 saturated heterocycles. The van der Waals surface area contributed by atoms with Gasteiger partial charge in [-0.1, -0.05) is 18.5 Å². The summed E-state index contributed by atoms with van der Waals surface area (Å²) < 4.78 is 33.3. The minimum absolute atomic E-state index is 0.0505. The van der Waals surface area contributed by atoms with Gasteiger partial charge < -0.3 is 14.4 Å². The van der Waals surface area contributed by atoms with Gasteiger partial charge in [-0.05, 0) is 30.7 Å². The number of alkyl halides is 2. The third-order valence-corrected chi connectivity index (χ3v) is 2.63. The lowest BCUT2D eigenvalue weighted by molar-refractivity contribution is -0.0498. The molecule has 1 aromatic carbocycles. The fourth-order valence-electron chi connectivity index (χ4n) is 1.67. The van der Waals surface area contributed by atoms with Crippen LogP contribution in [-0.4, -0.2) is 21.9 Å². The Balaban J connectivity index is 2.11. The van der Waals surface area contributed by atoms with E-state index < -0.39 is 12.7 Å². The van der Waals surface area contributed by atoms with Gasteiger partial charge in [-0.3, -0.25) is 0 Å². The highest BCUT2D eigenvalue weighted by atomic mass is 19.3. The van der Waals surface area contributed by atoms with Crippen LogP contribution in [-0.2, 0) is 0 Å². The quantitative estimate of drug-likeness (QED) is 0.882. The van der Waals surface area contributed by atoms with E-state index in [4.69, 9.17) is 4.52 Å². The minimum atomic E-state index is -2.86. The molecule has 0 bridgehead atoms. The van der Waals surface area contributed by atoms with Crippen LogP contribution < -0.4 is 4.74 Å². The molecule has 0 amide bonds. The normalized spacial score (nSPS) is 12.7. The van der Waals surface area contributed by atoms with Crippen LogP contribution in [0.15, 0.2) is 28.8 Å². The van der Waals surface area contributed by atoms with E-state index in [1.54, 1.807) is 0 Å². The molecule has 0 aliphatic rings. The Morgan fingerprint density at radius 3 is 2.60 bits per heavy atom. The summed E-state index contributed by atoms with van der Waals surface area (Å²) in [4.78, 5) is 4.07. The number of aliphatic hydroxyl groups is 1. The van der Waals surface area contributed by atoms with Crippen molar-refractivity contribution in [3.8, 4) is 17.2 Å². The van der Waals surface area contributed by atoms with Crippen LogP contribution in [0.5, 0.6) is 5.75 Å². The summed E-state index contributed by atoms with van der Waals surface area (Å²) in [6.07, 6.45) is 0.573. The summed E-state index contributed by atoms with van der Waals surface area (Å²) in [5.74, 6) is 0.489. The summed E-state index contributed by atoms with van der Waals surface area (Å²) in [7, 11) is 0. The van der Waals surface area contributed by atoms with Gasteiger partial charge in [-0.15, -0.1) is 0 Å². The molecule has 0 saturated carbocycles.